The number of benzene rings is 1. The molecule has 1 aromatic rings. The van der Waals surface area contributed by atoms with Gasteiger partial charge in [0.05, 0.1) is 5.41 Å². The molecule has 3 nitrogen and oxygen atoms in total. The first-order valence-electron chi connectivity index (χ1n) is 5.46. The van der Waals surface area contributed by atoms with Crippen LogP contribution < -0.4 is 5.32 Å². The van der Waals surface area contributed by atoms with Crippen molar-refractivity contribution in [3.05, 3.63) is 34.1 Å². The Morgan fingerprint density at radius 2 is 2.06 bits per heavy atom. The molecule has 0 radical (unpaired) electrons. The summed E-state index contributed by atoms with van der Waals surface area (Å²) in [6, 6.07) is 4.58. The van der Waals surface area contributed by atoms with Gasteiger partial charge in [0, 0.05) is 10.0 Å². The van der Waals surface area contributed by atoms with Gasteiger partial charge in [0.1, 0.15) is 5.82 Å². The molecule has 1 saturated heterocycles. The molecule has 0 unspecified atom stereocenters. The Labute approximate surface area is 107 Å². The number of carboxylic acid groups (broad SMARTS) is 1. The second kappa shape index (κ2) is 4.74. The van der Waals surface area contributed by atoms with E-state index in [1.165, 1.54) is 6.07 Å². The van der Waals surface area contributed by atoms with Crippen molar-refractivity contribution < 1.29 is 14.3 Å². The molecule has 1 aliphatic rings. The van der Waals surface area contributed by atoms with Crippen molar-refractivity contribution in [3.8, 4) is 0 Å². The Balaban J connectivity index is 2.49. The molecule has 92 valence electrons. The third-order valence-corrected chi connectivity index (χ3v) is 3.81. The Hall–Kier alpha value is -0.940. The lowest BCUT2D eigenvalue weighted by atomic mass is 9.73. The van der Waals surface area contributed by atoms with Crippen LogP contribution in [0.5, 0.6) is 0 Å². The van der Waals surface area contributed by atoms with Gasteiger partial charge in [-0.15, -0.1) is 0 Å². The lowest BCUT2D eigenvalue weighted by molar-refractivity contribution is -0.145. The van der Waals surface area contributed by atoms with Gasteiger partial charge in [0.25, 0.3) is 0 Å². The van der Waals surface area contributed by atoms with Crippen LogP contribution in [0.2, 0.25) is 0 Å². The smallest absolute Gasteiger partial charge is 0.314 e. The van der Waals surface area contributed by atoms with Crippen LogP contribution in [0, 0.1) is 5.82 Å². The fraction of sp³-hybridized carbons (Fsp3) is 0.417. The molecule has 0 aliphatic carbocycles. The minimum Gasteiger partial charge on any atom is -0.481 e. The summed E-state index contributed by atoms with van der Waals surface area (Å²) in [7, 11) is 0. The van der Waals surface area contributed by atoms with E-state index in [9.17, 15) is 14.3 Å². The minimum atomic E-state index is -1.09. The predicted molar refractivity (Wildman–Crippen MR) is 65.5 cm³/mol. The molecule has 1 heterocycles. The summed E-state index contributed by atoms with van der Waals surface area (Å²) in [4.78, 5) is 11.5. The molecule has 1 fully saturated rings. The van der Waals surface area contributed by atoms with Crippen molar-refractivity contribution in [2.24, 2.45) is 0 Å². The Kier molecular flexibility index (Phi) is 3.49. The summed E-state index contributed by atoms with van der Waals surface area (Å²) in [6.07, 6.45) is 0.835. The summed E-state index contributed by atoms with van der Waals surface area (Å²) < 4.78 is 14.5. The summed E-state index contributed by atoms with van der Waals surface area (Å²) >= 11 is 3.18. The third-order valence-electron chi connectivity index (χ3n) is 3.31. The lowest BCUT2D eigenvalue weighted by Crippen LogP contribution is -2.46. The van der Waals surface area contributed by atoms with Gasteiger partial charge in [-0.05, 0) is 38.1 Å². The predicted octanol–water partition coefficient (Wildman–Crippen LogP) is 2.29. The highest BCUT2D eigenvalue weighted by Gasteiger charge is 2.43. The van der Waals surface area contributed by atoms with Crippen LogP contribution in [0.25, 0.3) is 0 Å². The van der Waals surface area contributed by atoms with Gasteiger partial charge < -0.3 is 10.4 Å². The maximum atomic E-state index is 13.9. The normalized spacial score (nSPS) is 18.9. The van der Waals surface area contributed by atoms with Gasteiger partial charge in [-0.3, -0.25) is 4.79 Å². The quantitative estimate of drug-likeness (QED) is 0.881. The van der Waals surface area contributed by atoms with E-state index in [0.29, 0.717) is 30.4 Å². The number of carbonyl (C=O) groups is 1. The number of aliphatic carboxylic acids is 1. The fourth-order valence-corrected chi connectivity index (χ4v) is 2.66. The molecule has 17 heavy (non-hydrogen) atoms. The van der Waals surface area contributed by atoms with E-state index >= 15 is 0 Å². The van der Waals surface area contributed by atoms with E-state index in [2.05, 4.69) is 21.2 Å². The van der Waals surface area contributed by atoms with Crippen LogP contribution in [-0.2, 0) is 10.2 Å². The Morgan fingerprint density at radius 3 is 2.59 bits per heavy atom. The molecular weight excluding hydrogens is 289 g/mol. The highest BCUT2D eigenvalue weighted by Crippen LogP contribution is 2.36. The standard InChI is InChI=1S/C12H13BrFNO2/c13-8-1-2-9(10(14)7-8)12(11(16)17)3-5-15-6-4-12/h1-2,7,15H,3-6H2,(H,16,17). The fourth-order valence-electron chi connectivity index (χ4n) is 2.33. The zero-order valence-corrected chi connectivity index (χ0v) is 10.8. The zero-order chi connectivity index (χ0) is 12.5. The molecule has 2 rings (SSSR count). The maximum Gasteiger partial charge on any atom is 0.314 e. The number of hydrogen-bond acceptors (Lipinski definition) is 2. The molecule has 0 atom stereocenters. The largest absolute Gasteiger partial charge is 0.481 e. The molecule has 0 bridgehead atoms. The monoisotopic (exact) mass is 301 g/mol. The van der Waals surface area contributed by atoms with Crippen LogP contribution in [0.3, 0.4) is 0 Å². The van der Waals surface area contributed by atoms with Gasteiger partial charge in [-0.25, -0.2) is 4.39 Å². The number of hydrogen-bond donors (Lipinski definition) is 2. The number of carboxylic acids is 1. The first-order valence-corrected chi connectivity index (χ1v) is 6.25. The van der Waals surface area contributed by atoms with Crippen molar-refractivity contribution in [1.82, 2.24) is 5.32 Å². The summed E-state index contributed by atoms with van der Waals surface area (Å²) in [5.41, 5.74) is -0.801. The van der Waals surface area contributed by atoms with Crippen molar-refractivity contribution in [1.29, 1.82) is 0 Å². The highest BCUT2D eigenvalue weighted by molar-refractivity contribution is 9.10. The van der Waals surface area contributed by atoms with Crippen molar-refractivity contribution in [3.63, 3.8) is 0 Å². The summed E-state index contributed by atoms with van der Waals surface area (Å²) in [5, 5.41) is 12.5. The average Bonchev–Trinajstić information content (AvgIpc) is 2.29. The van der Waals surface area contributed by atoms with E-state index in [4.69, 9.17) is 0 Å². The topological polar surface area (TPSA) is 49.3 Å². The van der Waals surface area contributed by atoms with E-state index in [0.717, 1.165) is 0 Å². The van der Waals surface area contributed by atoms with Crippen LogP contribution in [0.4, 0.5) is 4.39 Å². The van der Waals surface area contributed by atoms with Crippen molar-refractivity contribution in [2.45, 2.75) is 18.3 Å². The van der Waals surface area contributed by atoms with E-state index in [1.807, 2.05) is 0 Å². The minimum absolute atomic E-state index is 0.287. The van der Waals surface area contributed by atoms with Crippen LogP contribution in [-0.4, -0.2) is 24.2 Å². The Morgan fingerprint density at radius 1 is 1.41 bits per heavy atom. The van der Waals surface area contributed by atoms with Gasteiger partial charge in [0.2, 0.25) is 0 Å². The number of piperidine rings is 1. The molecule has 1 aromatic carbocycles. The molecule has 1 aliphatic heterocycles. The number of nitrogens with one attached hydrogen (secondary N) is 1. The molecule has 5 heteroatoms. The van der Waals surface area contributed by atoms with Crippen LogP contribution in [0.15, 0.2) is 22.7 Å². The zero-order valence-electron chi connectivity index (χ0n) is 9.17. The first kappa shape index (κ1) is 12.5. The summed E-state index contributed by atoms with van der Waals surface area (Å²) in [6.45, 7) is 1.20. The van der Waals surface area contributed by atoms with Crippen LogP contribution >= 0.6 is 15.9 Å². The number of halogens is 2. The lowest BCUT2D eigenvalue weighted by Gasteiger charge is -2.34. The van der Waals surface area contributed by atoms with Gasteiger partial charge in [0.15, 0.2) is 0 Å². The second-order valence-electron chi connectivity index (χ2n) is 4.26. The highest BCUT2D eigenvalue weighted by atomic mass is 79.9. The number of rotatable bonds is 2. The van der Waals surface area contributed by atoms with E-state index < -0.39 is 17.2 Å². The maximum absolute atomic E-state index is 13.9. The SMILES string of the molecule is O=C(O)C1(c2ccc(Br)cc2F)CCNCC1. The van der Waals surface area contributed by atoms with Crippen molar-refractivity contribution in [2.75, 3.05) is 13.1 Å². The molecule has 0 aromatic heterocycles. The van der Waals surface area contributed by atoms with E-state index in [1.54, 1.807) is 12.1 Å². The summed E-state index contributed by atoms with van der Waals surface area (Å²) in [5.74, 6) is -1.40. The van der Waals surface area contributed by atoms with Crippen LogP contribution in [0.1, 0.15) is 18.4 Å². The third kappa shape index (κ3) is 2.21. The first-order chi connectivity index (χ1) is 8.06. The molecule has 0 spiro atoms. The van der Waals surface area contributed by atoms with Gasteiger partial charge in [-0.2, -0.15) is 0 Å². The molecule has 0 saturated carbocycles. The van der Waals surface area contributed by atoms with Gasteiger partial charge in [-0.1, -0.05) is 22.0 Å². The molecule has 2 N–H and O–H groups in total. The average molecular weight is 302 g/mol. The second-order valence-corrected chi connectivity index (χ2v) is 5.18. The Bertz CT molecular complexity index is 444. The van der Waals surface area contributed by atoms with Crippen molar-refractivity contribution >= 4 is 21.9 Å². The molecule has 0 amide bonds. The van der Waals surface area contributed by atoms with Gasteiger partial charge >= 0.3 is 5.97 Å². The molecular formula is C12H13BrFNO2. The van der Waals surface area contributed by atoms with E-state index in [-0.39, 0.29) is 5.56 Å².